The number of ether oxygens (including phenoxy) is 1. The van der Waals surface area contributed by atoms with Gasteiger partial charge in [0.1, 0.15) is 0 Å². The summed E-state index contributed by atoms with van der Waals surface area (Å²) >= 11 is 0. The third-order valence-electron chi connectivity index (χ3n) is 6.93. The molecule has 2 aliphatic carbocycles. The number of hydrogen-bond acceptors (Lipinski definition) is 3. The van der Waals surface area contributed by atoms with E-state index in [1.165, 1.54) is 31.2 Å². The van der Waals surface area contributed by atoms with Crippen molar-refractivity contribution in [3.05, 3.63) is 35.9 Å². The molecule has 0 atom stereocenters. The number of hydrogen-bond donors (Lipinski definition) is 2. The van der Waals surface area contributed by atoms with Crippen molar-refractivity contribution in [2.24, 2.45) is 22.7 Å². The van der Waals surface area contributed by atoms with Crippen LogP contribution in [0.15, 0.2) is 35.3 Å². The molecule has 3 fully saturated rings. The van der Waals surface area contributed by atoms with E-state index in [1.54, 1.807) is 0 Å². The minimum Gasteiger partial charge on any atom is -0.378 e. The van der Waals surface area contributed by atoms with Gasteiger partial charge in [0.2, 0.25) is 0 Å². The number of nitrogens with one attached hydrogen (secondary N) is 2. The summed E-state index contributed by atoms with van der Waals surface area (Å²) in [4.78, 5) is 6.94. The van der Waals surface area contributed by atoms with Gasteiger partial charge in [-0.05, 0) is 68.3 Å². The van der Waals surface area contributed by atoms with Gasteiger partial charge in [0, 0.05) is 46.4 Å². The molecular formula is C25H41IN4O. The van der Waals surface area contributed by atoms with Crippen molar-refractivity contribution in [1.29, 1.82) is 0 Å². The highest BCUT2D eigenvalue weighted by molar-refractivity contribution is 14.0. The molecule has 1 saturated heterocycles. The molecule has 5 nitrogen and oxygen atoms in total. The lowest BCUT2D eigenvalue weighted by Crippen LogP contribution is -2.41. The molecule has 1 heterocycles. The van der Waals surface area contributed by atoms with Gasteiger partial charge < -0.3 is 15.4 Å². The van der Waals surface area contributed by atoms with Crippen molar-refractivity contribution in [2.45, 2.75) is 57.6 Å². The van der Waals surface area contributed by atoms with Gasteiger partial charge >= 0.3 is 0 Å². The van der Waals surface area contributed by atoms with E-state index in [0.29, 0.717) is 6.10 Å². The number of benzene rings is 1. The average molecular weight is 541 g/mol. The predicted molar refractivity (Wildman–Crippen MR) is 139 cm³/mol. The largest absolute Gasteiger partial charge is 0.378 e. The fraction of sp³-hybridized carbons (Fsp3) is 0.720. The molecule has 0 radical (unpaired) electrons. The minimum absolute atomic E-state index is 0. The van der Waals surface area contributed by atoms with E-state index in [2.05, 4.69) is 50.9 Å². The molecule has 0 spiro atoms. The number of rotatable bonds is 11. The van der Waals surface area contributed by atoms with Crippen LogP contribution in [0, 0.1) is 17.8 Å². The van der Waals surface area contributed by atoms with Crippen LogP contribution in [0.3, 0.4) is 0 Å². The standard InChI is InChI=1S/C25H40N4O.HI/c1-26-25(28-18-24(21-8-9-21)22-10-11-22)27-14-5-17-30-23-12-15-29(16-13-23)19-20-6-3-2-4-7-20;/h2-4,6-7,21-24H,5,8-19H2,1H3,(H2,26,27,28);1H. The zero-order valence-electron chi connectivity index (χ0n) is 19.1. The summed E-state index contributed by atoms with van der Waals surface area (Å²) in [5, 5.41) is 7.04. The molecule has 0 bridgehead atoms. The van der Waals surface area contributed by atoms with Crippen LogP contribution in [0.25, 0.3) is 0 Å². The molecule has 174 valence electrons. The number of piperidine rings is 1. The SMILES string of the molecule is CN=C(NCCCOC1CCN(Cc2ccccc2)CC1)NCC(C1CC1)C1CC1.I. The van der Waals surface area contributed by atoms with E-state index < -0.39 is 0 Å². The summed E-state index contributed by atoms with van der Waals surface area (Å²) in [6.45, 7) is 6.18. The van der Waals surface area contributed by atoms with Crippen molar-refractivity contribution >= 4 is 29.9 Å². The summed E-state index contributed by atoms with van der Waals surface area (Å²) < 4.78 is 6.15. The van der Waals surface area contributed by atoms with Gasteiger partial charge in [-0.15, -0.1) is 24.0 Å². The van der Waals surface area contributed by atoms with Crippen LogP contribution in [-0.2, 0) is 11.3 Å². The van der Waals surface area contributed by atoms with Gasteiger partial charge in [-0.25, -0.2) is 0 Å². The lowest BCUT2D eigenvalue weighted by atomic mass is 9.98. The Hall–Kier alpha value is -0.860. The van der Waals surface area contributed by atoms with E-state index in [1.807, 2.05) is 7.05 Å². The smallest absolute Gasteiger partial charge is 0.190 e. The van der Waals surface area contributed by atoms with Crippen molar-refractivity contribution in [3.8, 4) is 0 Å². The molecule has 1 aromatic rings. The zero-order chi connectivity index (χ0) is 20.6. The first-order chi connectivity index (χ1) is 14.8. The highest BCUT2D eigenvalue weighted by atomic mass is 127. The summed E-state index contributed by atoms with van der Waals surface area (Å²) in [5.41, 5.74) is 1.41. The van der Waals surface area contributed by atoms with Gasteiger partial charge in [0.15, 0.2) is 5.96 Å². The molecule has 0 amide bonds. The number of nitrogens with zero attached hydrogens (tertiary/aromatic N) is 2. The van der Waals surface area contributed by atoms with Gasteiger partial charge in [-0.3, -0.25) is 9.89 Å². The van der Waals surface area contributed by atoms with Crippen LogP contribution >= 0.6 is 24.0 Å². The van der Waals surface area contributed by atoms with E-state index in [9.17, 15) is 0 Å². The second kappa shape index (κ2) is 13.0. The molecular weight excluding hydrogens is 499 g/mol. The molecule has 2 N–H and O–H groups in total. The Kier molecular flexibility index (Phi) is 10.4. The van der Waals surface area contributed by atoms with E-state index >= 15 is 0 Å². The highest BCUT2D eigenvalue weighted by Gasteiger charge is 2.41. The molecule has 2 saturated carbocycles. The first-order valence-corrected chi connectivity index (χ1v) is 12.1. The highest BCUT2D eigenvalue weighted by Crippen LogP contribution is 2.48. The Labute approximate surface area is 205 Å². The minimum atomic E-state index is 0. The van der Waals surface area contributed by atoms with Gasteiger partial charge in [-0.2, -0.15) is 0 Å². The second-order valence-corrected chi connectivity index (χ2v) is 9.40. The van der Waals surface area contributed by atoms with Gasteiger partial charge in [-0.1, -0.05) is 30.3 Å². The molecule has 4 rings (SSSR count). The fourth-order valence-electron chi connectivity index (χ4n) is 4.81. The Morgan fingerprint density at radius 1 is 1.03 bits per heavy atom. The van der Waals surface area contributed by atoms with Crippen LogP contribution in [0.2, 0.25) is 0 Å². The molecule has 1 aliphatic heterocycles. The van der Waals surface area contributed by atoms with Crippen LogP contribution in [-0.4, -0.2) is 56.8 Å². The zero-order valence-corrected chi connectivity index (χ0v) is 21.4. The van der Waals surface area contributed by atoms with Crippen molar-refractivity contribution in [3.63, 3.8) is 0 Å². The summed E-state index contributed by atoms with van der Waals surface area (Å²) in [7, 11) is 1.87. The number of aliphatic imine (C=N–C) groups is 1. The normalized spacial score (nSPS) is 20.5. The third kappa shape index (κ3) is 8.54. The number of likely N-dealkylation sites (tertiary alicyclic amines) is 1. The van der Waals surface area contributed by atoms with E-state index in [4.69, 9.17) is 4.74 Å². The van der Waals surface area contributed by atoms with Crippen molar-refractivity contribution in [2.75, 3.05) is 39.8 Å². The maximum absolute atomic E-state index is 6.15. The molecule has 6 heteroatoms. The van der Waals surface area contributed by atoms with E-state index in [-0.39, 0.29) is 24.0 Å². The number of guanidine groups is 1. The summed E-state index contributed by atoms with van der Waals surface area (Å²) in [5.74, 6) is 3.79. The van der Waals surface area contributed by atoms with Gasteiger partial charge in [0.05, 0.1) is 6.10 Å². The average Bonchev–Trinajstić information content (AvgIpc) is 3.69. The summed E-state index contributed by atoms with van der Waals surface area (Å²) in [6.07, 6.45) is 9.51. The summed E-state index contributed by atoms with van der Waals surface area (Å²) in [6, 6.07) is 10.8. The molecule has 0 aromatic heterocycles. The first-order valence-electron chi connectivity index (χ1n) is 12.1. The molecule has 31 heavy (non-hydrogen) atoms. The predicted octanol–water partition coefficient (Wildman–Crippen LogP) is 4.28. The second-order valence-electron chi connectivity index (χ2n) is 9.40. The monoisotopic (exact) mass is 540 g/mol. The molecule has 1 aromatic carbocycles. The molecule has 3 aliphatic rings. The maximum Gasteiger partial charge on any atom is 0.190 e. The fourth-order valence-corrected chi connectivity index (χ4v) is 4.81. The Morgan fingerprint density at radius 2 is 1.71 bits per heavy atom. The van der Waals surface area contributed by atoms with E-state index in [0.717, 1.165) is 82.3 Å². The third-order valence-corrected chi connectivity index (χ3v) is 6.93. The van der Waals surface area contributed by atoms with Crippen LogP contribution < -0.4 is 10.6 Å². The van der Waals surface area contributed by atoms with Crippen LogP contribution in [0.1, 0.15) is 50.5 Å². The van der Waals surface area contributed by atoms with Gasteiger partial charge in [0.25, 0.3) is 0 Å². The number of halogens is 1. The Bertz CT molecular complexity index is 643. The van der Waals surface area contributed by atoms with Crippen molar-refractivity contribution < 1.29 is 4.74 Å². The Morgan fingerprint density at radius 3 is 2.32 bits per heavy atom. The topological polar surface area (TPSA) is 48.9 Å². The van der Waals surface area contributed by atoms with Crippen LogP contribution in [0.5, 0.6) is 0 Å². The Balaban J connectivity index is 0.00000272. The maximum atomic E-state index is 6.15. The quantitative estimate of drug-likeness (QED) is 0.191. The lowest BCUT2D eigenvalue weighted by Gasteiger charge is -2.32. The van der Waals surface area contributed by atoms with Crippen molar-refractivity contribution in [1.82, 2.24) is 15.5 Å². The van der Waals surface area contributed by atoms with Crippen LogP contribution in [0.4, 0.5) is 0 Å². The lowest BCUT2D eigenvalue weighted by molar-refractivity contribution is 0.00534. The first kappa shape index (κ1) is 24.8. The molecule has 0 unspecified atom stereocenters.